The van der Waals surface area contributed by atoms with E-state index in [0.29, 0.717) is 5.92 Å². The number of amides is 1. The number of para-hydroxylation sites is 1. The topological polar surface area (TPSA) is 44.9 Å². The number of hydrogen-bond donors (Lipinski definition) is 2. The normalized spacial score (nSPS) is 29.1. The van der Waals surface area contributed by atoms with Crippen molar-refractivity contribution in [3.05, 3.63) is 35.5 Å². The van der Waals surface area contributed by atoms with Crippen LogP contribution in [-0.4, -0.2) is 10.9 Å². The summed E-state index contributed by atoms with van der Waals surface area (Å²) in [6.07, 6.45) is 3.06. The number of hydrogen-bond acceptors (Lipinski definition) is 1. The van der Waals surface area contributed by atoms with Crippen LogP contribution in [0, 0.1) is 11.8 Å². The number of aromatic nitrogens is 1. The Kier molecular flexibility index (Phi) is 2.25. The largest absolute Gasteiger partial charge is 0.358 e. The van der Waals surface area contributed by atoms with Crippen molar-refractivity contribution < 1.29 is 4.79 Å². The summed E-state index contributed by atoms with van der Waals surface area (Å²) in [5.74, 6) is 0.944. The van der Waals surface area contributed by atoms with Crippen LogP contribution in [0.5, 0.6) is 0 Å². The van der Waals surface area contributed by atoms with E-state index >= 15 is 0 Å². The fourth-order valence-electron chi connectivity index (χ4n) is 3.99. The number of piperidine rings is 1. The highest BCUT2D eigenvalue weighted by atomic mass is 16.2. The quantitative estimate of drug-likeness (QED) is 0.807. The van der Waals surface area contributed by atoms with Crippen LogP contribution in [0.2, 0.25) is 0 Å². The lowest BCUT2D eigenvalue weighted by atomic mass is 9.72. The van der Waals surface area contributed by atoms with Crippen LogP contribution < -0.4 is 5.32 Å². The Morgan fingerprint density at radius 1 is 1.32 bits per heavy atom. The van der Waals surface area contributed by atoms with Gasteiger partial charge in [0, 0.05) is 28.1 Å². The zero-order valence-corrected chi connectivity index (χ0v) is 11.1. The van der Waals surface area contributed by atoms with Crippen LogP contribution in [-0.2, 0) is 11.2 Å². The summed E-state index contributed by atoms with van der Waals surface area (Å²) in [6, 6.07) is 8.62. The number of benzene rings is 1. The summed E-state index contributed by atoms with van der Waals surface area (Å²) >= 11 is 0. The number of carbonyl (C=O) groups is 1. The van der Waals surface area contributed by atoms with Gasteiger partial charge < -0.3 is 10.3 Å². The van der Waals surface area contributed by atoms with Gasteiger partial charge in [0.05, 0.1) is 6.04 Å². The molecule has 1 saturated heterocycles. The van der Waals surface area contributed by atoms with E-state index in [4.69, 9.17) is 0 Å². The Hall–Kier alpha value is -1.77. The van der Waals surface area contributed by atoms with Gasteiger partial charge in [0.15, 0.2) is 0 Å². The van der Waals surface area contributed by atoms with Crippen molar-refractivity contribution in [2.75, 3.05) is 0 Å². The van der Waals surface area contributed by atoms with E-state index in [2.05, 4.69) is 41.5 Å². The molecule has 1 aliphatic carbocycles. The van der Waals surface area contributed by atoms with Gasteiger partial charge in [-0.2, -0.15) is 0 Å². The summed E-state index contributed by atoms with van der Waals surface area (Å²) in [7, 11) is 0. The Morgan fingerprint density at radius 2 is 2.16 bits per heavy atom. The number of H-pyrrole nitrogens is 1. The molecule has 19 heavy (non-hydrogen) atoms. The van der Waals surface area contributed by atoms with Crippen molar-refractivity contribution in [3.63, 3.8) is 0 Å². The van der Waals surface area contributed by atoms with E-state index in [9.17, 15) is 4.79 Å². The first-order valence-electron chi connectivity index (χ1n) is 7.17. The Morgan fingerprint density at radius 3 is 3.00 bits per heavy atom. The minimum Gasteiger partial charge on any atom is -0.358 e. The zero-order valence-electron chi connectivity index (χ0n) is 11.1. The van der Waals surface area contributed by atoms with Crippen molar-refractivity contribution in [2.24, 2.45) is 11.8 Å². The molecular weight excluding hydrogens is 236 g/mol. The van der Waals surface area contributed by atoms with Crippen LogP contribution in [0.4, 0.5) is 0 Å². The van der Waals surface area contributed by atoms with E-state index in [1.807, 2.05) is 0 Å². The lowest BCUT2D eigenvalue weighted by molar-refractivity contribution is -0.130. The second-order valence-electron chi connectivity index (χ2n) is 5.84. The molecule has 1 aromatic heterocycles. The first kappa shape index (κ1) is 11.1. The molecule has 0 spiro atoms. The maximum absolute atomic E-state index is 12.2. The minimum absolute atomic E-state index is 0.191. The molecule has 1 amide bonds. The smallest absolute Gasteiger partial charge is 0.223 e. The Bertz CT molecular complexity index is 658. The summed E-state index contributed by atoms with van der Waals surface area (Å²) in [5, 5.41) is 4.50. The molecule has 3 heteroatoms. The predicted molar refractivity (Wildman–Crippen MR) is 74.8 cm³/mol. The molecule has 98 valence electrons. The highest BCUT2D eigenvalue weighted by Crippen LogP contribution is 2.44. The van der Waals surface area contributed by atoms with Gasteiger partial charge in [0.25, 0.3) is 0 Å². The Balaban J connectivity index is 1.87. The number of aromatic amines is 1. The molecule has 3 atom stereocenters. The highest BCUT2D eigenvalue weighted by molar-refractivity contribution is 5.88. The van der Waals surface area contributed by atoms with Crippen molar-refractivity contribution in [2.45, 2.75) is 32.2 Å². The fraction of sp³-hybridized carbons (Fsp3) is 0.438. The molecule has 3 nitrogen and oxygen atoms in total. The van der Waals surface area contributed by atoms with Crippen molar-refractivity contribution >= 4 is 16.8 Å². The number of fused-ring (bicyclic) bond motifs is 6. The zero-order chi connectivity index (χ0) is 13.0. The van der Waals surface area contributed by atoms with E-state index < -0.39 is 0 Å². The van der Waals surface area contributed by atoms with E-state index in [-0.39, 0.29) is 17.9 Å². The SMILES string of the molecule is CCC1C(=O)NC2CC1Cc1[nH]c3ccccc3c12. The van der Waals surface area contributed by atoms with Crippen LogP contribution >= 0.6 is 0 Å². The molecular formula is C16H18N2O. The minimum atomic E-state index is 0.191. The molecule has 2 aliphatic rings. The summed E-state index contributed by atoms with van der Waals surface area (Å²) in [5.41, 5.74) is 3.86. The van der Waals surface area contributed by atoms with Crippen molar-refractivity contribution in [3.8, 4) is 0 Å². The predicted octanol–water partition coefficient (Wildman–Crippen LogP) is 2.93. The molecule has 2 aromatic rings. The van der Waals surface area contributed by atoms with Gasteiger partial charge >= 0.3 is 0 Å². The lowest BCUT2D eigenvalue weighted by Gasteiger charge is -2.40. The van der Waals surface area contributed by atoms with Crippen molar-refractivity contribution in [1.29, 1.82) is 0 Å². The first-order valence-corrected chi connectivity index (χ1v) is 7.17. The van der Waals surface area contributed by atoms with Gasteiger partial charge in [-0.15, -0.1) is 0 Å². The molecule has 1 aromatic carbocycles. The second-order valence-corrected chi connectivity index (χ2v) is 5.84. The van der Waals surface area contributed by atoms with Gasteiger partial charge in [0.2, 0.25) is 5.91 Å². The molecule has 2 bridgehead atoms. The van der Waals surface area contributed by atoms with Crippen molar-refractivity contribution in [1.82, 2.24) is 10.3 Å². The lowest BCUT2D eigenvalue weighted by Crippen LogP contribution is -2.47. The maximum Gasteiger partial charge on any atom is 0.223 e. The fourth-order valence-corrected chi connectivity index (χ4v) is 3.99. The average Bonchev–Trinajstić information content (AvgIpc) is 2.77. The van der Waals surface area contributed by atoms with E-state index in [0.717, 1.165) is 19.3 Å². The molecule has 0 saturated carbocycles. The van der Waals surface area contributed by atoms with Crippen LogP contribution in [0.1, 0.15) is 37.1 Å². The molecule has 0 radical (unpaired) electrons. The standard InChI is InChI=1S/C16H18N2O/c1-2-10-9-7-13-15(14(8-9)18-16(10)19)11-5-3-4-6-12(11)17-13/h3-6,9-10,14,17H,2,7-8H2,1H3,(H,18,19). The molecule has 2 N–H and O–H groups in total. The van der Waals surface area contributed by atoms with Crippen LogP contribution in [0.25, 0.3) is 10.9 Å². The first-order chi connectivity index (χ1) is 9.28. The van der Waals surface area contributed by atoms with Gasteiger partial charge in [-0.05, 0) is 31.2 Å². The highest BCUT2D eigenvalue weighted by Gasteiger charge is 2.41. The second kappa shape index (κ2) is 3.86. The van der Waals surface area contributed by atoms with Gasteiger partial charge in [-0.1, -0.05) is 25.1 Å². The number of carbonyl (C=O) groups excluding carboxylic acids is 1. The third-order valence-electron chi connectivity index (χ3n) is 4.84. The summed E-state index contributed by atoms with van der Waals surface area (Å²) in [6.45, 7) is 2.12. The molecule has 2 heterocycles. The monoisotopic (exact) mass is 254 g/mol. The third kappa shape index (κ3) is 1.47. The summed E-state index contributed by atoms with van der Waals surface area (Å²) in [4.78, 5) is 15.7. The molecule has 1 fully saturated rings. The molecule has 3 unspecified atom stereocenters. The van der Waals surface area contributed by atoms with Gasteiger partial charge in [-0.25, -0.2) is 0 Å². The maximum atomic E-state index is 12.2. The van der Waals surface area contributed by atoms with Crippen LogP contribution in [0.15, 0.2) is 24.3 Å². The number of nitrogens with one attached hydrogen (secondary N) is 2. The average molecular weight is 254 g/mol. The van der Waals surface area contributed by atoms with Gasteiger partial charge in [0.1, 0.15) is 0 Å². The van der Waals surface area contributed by atoms with Gasteiger partial charge in [-0.3, -0.25) is 4.79 Å². The molecule has 4 rings (SSSR count). The molecule has 1 aliphatic heterocycles. The summed E-state index contributed by atoms with van der Waals surface area (Å²) < 4.78 is 0. The Labute approximate surface area is 112 Å². The number of rotatable bonds is 1. The van der Waals surface area contributed by atoms with Crippen LogP contribution in [0.3, 0.4) is 0 Å². The third-order valence-corrected chi connectivity index (χ3v) is 4.84. The van der Waals surface area contributed by atoms with E-state index in [1.54, 1.807) is 0 Å². The van der Waals surface area contributed by atoms with E-state index in [1.165, 1.54) is 22.2 Å².